The minimum absolute atomic E-state index is 0.127. The van der Waals surface area contributed by atoms with Crippen molar-refractivity contribution in [2.24, 2.45) is 5.92 Å². The molecular formula is C15H18O4. The van der Waals surface area contributed by atoms with Gasteiger partial charge >= 0.3 is 5.97 Å². The molecule has 1 unspecified atom stereocenters. The lowest BCUT2D eigenvalue weighted by Crippen LogP contribution is -2.15. The van der Waals surface area contributed by atoms with Gasteiger partial charge < -0.3 is 4.74 Å². The average Bonchev–Trinajstić information content (AvgIpc) is 2.39. The van der Waals surface area contributed by atoms with Crippen molar-refractivity contribution in [3.63, 3.8) is 0 Å². The molecule has 1 atom stereocenters. The molecular weight excluding hydrogens is 244 g/mol. The standard InChI is InChI=1S/C15H18O4/c1-10(15(18)19-3)8-12-4-6-13(7-5-12)9-14(17)11(2)16/h4-7,10H,8-9H2,1-3H3. The molecule has 0 saturated carbocycles. The van der Waals surface area contributed by atoms with Crippen molar-refractivity contribution in [2.45, 2.75) is 26.7 Å². The minimum atomic E-state index is -0.427. The summed E-state index contributed by atoms with van der Waals surface area (Å²) < 4.78 is 4.67. The quantitative estimate of drug-likeness (QED) is 0.578. The smallest absolute Gasteiger partial charge is 0.308 e. The van der Waals surface area contributed by atoms with E-state index in [0.29, 0.717) is 6.42 Å². The number of hydrogen-bond donors (Lipinski definition) is 0. The predicted molar refractivity (Wildman–Crippen MR) is 70.7 cm³/mol. The predicted octanol–water partition coefficient (Wildman–Crippen LogP) is 1.74. The Kier molecular flexibility index (Phi) is 5.42. The summed E-state index contributed by atoms with van der Waals surface area (Å²) in [5.74, 6) is -1.26. The lowest BCUT2D eigenvalue weighted by atomic mass is 9.99. The molecule has 0 fully saturated rings. The largest absolute Gasteiger partial charge is 0.469 e. The van der Waals surface area contributed by atoms with Crippen LogP contribution in [-0.4, -0.2) is 24.6 Å². The highest BCUT2D eigenvalue weighted by Crippen LogP contribution is 2.12. The summed E-state index contributed by atoms with van der Waals surface area (Å²) in [6, 6.07) is 7.34. The average molecular weight is 262 g/mol. The van der Waals surface area contributed by atoms with E-state index < -0.39 is 11.6 Å². The molecule has 0 heterocycles. The van der Waals surface area contributed by atoms with Gasteiger partial charge in [0, 0.05) is 13.3 Å². The first-order chi connectivity index (χ1) is 8.93. The fourth-order valence-corrected chi connectivity index (χ4v) is 1.74. The lowest BCUT2D eigenvalue weighted by Gasteiger charge is -2.09. The molecule has 19 heavy (non-hydrogen) atoms. The van der Waals surface area contributed by atoms with Crippen molar-refractivity contribution in [3.05, 3.63) is 35.4 Å². The van der Waals surface area contributed by atoms with Crippen LogP contribution in [0.1, 0.15) is 25.0 Å². The van der Waals surface area contributed by atoms with Crippen LogP contribution in [0.4, 0.5) is 0 Å². The Labute approximate surface area is 112 Å². The Morgan fingerprint density at radius 2 is 1.63 bits per heavy atom. The molecule has 0 amide bonds. The van der Waals surface area contributed by atoms with Crippen molar-refractivity contribution in [1.82, 2.24) is 0 Å². The van der Waals surface area contributed by atoms with Gasteiger partial charge in [-0.15, -0.1) is 0 Å². The number of esters is 1. The Morgan fingerprint density at radius 1 is 1.11 bits per heavy atom. The molecule has 0 aromatic heterocycles. The van der Waals surface area contributed by atoms with Gasteiger partial charge in [0.15, 0.2) is 5.78 Å². The number of carbonyl (C=O) groups excluding carboxylic acids is 3. The van der Waals surface area contributed by atoms with Crippen LogP contribution in [0, 0.1) is 5.92 Å². The molecule has 0 radical (unpaired) electrons. The second-order valence-electron chi connectivity index (χ2n) is 4.60. The van der Waals surface area contributed by atoms with Gasteiger partial charge in [0.25, 0.3) is 0 Å². The summed E-state index contributed by atoms with van der Waals surface area (Å²) in [4.78, 5) is 33.5. The third-order valence-electron chi connectivity index (χ3n) is 2.93. The Hall–Kier alpha value is -1.97. The molecule has 102 valence electrons. The monoisotopic (exact) mass is 262 g/mol. The van der Waals surface area contributed by atoms with E-state index in [9.17, 15) is 14.4 Å². The third-order valence-corrected chi connectivity index (χ3v) is 2.93. The van der Waals surface area contributed by atoms with Gasteiger partial charge in [-0.2, -0.15) is 0 Å². The van der Waals surface area contributed by atoms with Crippen LogP contribution in [-0.2, 0) is 32.0 Å². The van der Waals surface area contributed by atoms with E-state index in [-0.39, 0.29) is 18.3 Å². The van der Waals surface area contributed by atoms with Crippen LogP contribution in [0.25, 0.3) is 0 Å². The second kappa shape index (κ2) is 6.83. The van der Waals surface area contributed by atoms with Crippen molar-refractivity contribution in [1.29, 1.82) is 0 Å². The summed E-state index contributed by atoms with van der Waals surface area (Å²) in [5.41, 5.74) is 1.80. The summed E-state index contributed by atoms with van der Waals surface area (Å²) in [5, 5.41) is 0. The van der Waals surface area contributed by atoms with Crippen LogP contribution in [0.2, 0.25) is 0 Å². The van der Waals surface area contributed by atoms with Gasteiger partial charge in [0.2, 0.25) is 5.78 Å². The zero-order valence-corrected chi connectivity index (χ0v) is 11.4. The van der Waals surface area contributed by atoms with Crippen molar-refractivity contribution < 1.29 is 19.1 Å². The molecule has 1 aromatic rings. The molecule has 1 aromatic carbocycles. The maximum absolute atomic E-state index is 11.3. The summed E-state index contributed by atoms with van der Waals surface area (Å²) in [6.07, 6.45) is 0.718. The Morgan fingerprint density at radius 3 is 2.11 bits per heavy atom. The molecule has 0 aliphatic carbocycles. The van der Waals surface area contributed by atoms with Gasteiger partial charge in [-0.25, -0.2) is 0 Å². The molecule has 0 N–H and O–H groups in total. The third kappa shape index (κ3) is 4.66. The maximum Gasteiger partial charge on any atom is 0.308 e. The van der Waals surface area contributed by atoms with E-state index >= 15 is 0 Å². The van der Waals surface area contributed by atoms with Crippen molar-refractivity contribution in [2.75, 3.05) is 7.11 Å². The molecule has 0 saturated heterocycles. The highest BCUT2D eigenvalue weighted by Gasteiger charge is 2.14. The van der Waals surface area contributed by atoms with Gasteiger partial charge in [-0.1, -0.05) is 31.2 Å². The molecule has 4 nitrogen and oxygen atoms in total. The number of rotatable bonds is 6. The van der Waals surface area contributed by atoms with Crippen LogP contribution in [0.3, 0.4) is 0 Å². The number of hydrogen-bond acceptors (Lipinski definition) is 4. The van der Waals surface area contributed by atoms with Gasteiger partial charge in [0.1, 0.15) is 0 Å². The fraction of sp³-hybridized carbons (Fsp3) is 0.400. The van der Waals surface area contributed by atoms with Crippen LogP contribution in [0.5, 0.6) is 0 Å². The molecule has 0 bridgehead atoms. The number of Topliss-reactive ketones (excluding diaryl/α,β-unsaturated/α-hetero) is 2. The molecule has 0 aliphatic heterocycles. The topological polar surface area (TPSA) is 60.4 Å². The van der Waals surface area contributed by atoms with Crippen LogP contribution in [0.15, 0.2) is 24.3 Å². The minimum Gasteiger partial charge on any atom is -0.469 e. The van der Waals surface area contributed by atoms with E-state index in [4.69, 9.17) is 0 Å². The Balaban J connectivity index is 2.64. The zero-order valence-electron chi connectivity index (χ0n) is 11.4. The summed E-state index contributed by atoms with van der Waals surface area (Å²) >= 11 is 0. The number of ether oxygens (including phenoxy) is 1. The van der Waals surface area contributed by atoms with Gasteiger partial charge in [-0.05, 0) is 17.5 Å². The van der Waals surface area contributed by atoms with Crippen molar-refractivity contribution in [3.8, 4) is 0 Å². The first-order valence-corrected chi connectivity index (χ1v) is 6.13. The number of benzene rings is 1. The SMILES string of the molecule is COC(=O)C(C)Cc1ccc(CC(=O)C(C)=O)cc1. The number of ketones is 2. The number of carbonyl (C=O) groups is 3. The zero-order chi connectivity index (χ0) is 14.4. The van der Waals surface area contributed by atoms with E-state index in [1.807, 2.05) is 12.1 Å². The van der Waals surface area contributed by atoms with E-state index in [0.717, 1.165) is 11.1 Å². The van der Waals surface area contributed by atoms with Crippen LogP contribution >= 0.6 is 0 Å². The molecule has 0 spiro atoms. The van der Waals surface area contributed by atoms with Crippen LogP contribution < -0.4 is 0 Å². The van der Waals surface area contributed by atoms with Gasteiger partial charge in [0.05, 0.1) is 13.0 Å². The fourth-order valence-electron chi connectivity index (χ4n) is 1.74. The Bertz CT molecular complexity index is 473. The molecule has 0 aliphatic rings. The van der Waals surface area contributed by atoms with Gasteiger partial charge in [-0.3, -0.25) is 14.4 Å². The maximum atomic E-state index is 11.3. The highest BCUT2D eigenvalue weighted by molar-refractivity contribution is 6.36. The molecule has 4 heteroatoms. The summed E-state index contributed by atoms with van der Waals surface area (Å²) in [7, 11) is 1.37. The first-order valence-electron chi connectivity index (χ1n) is 6.13. The van der Waals surface area contributed by atoms with E-state index in [1.54, 1.807) is 19.1 Å². The molecule has 1 rings (SSSR count). The van der Waals surface area contributed by atoms with Crippen molar-refractivity contribution >= 4 is 17.5 Å². The van der Waals surface area contributed by atoms with E-state index in [1.165, 1.54) is 14.0 Å². The first kappa shape index (κ1) is 15.1. The normalized spacial score (nSPS) is 11.7. The highest BCUT2D eigenvalue weighted by atomic mass is 16.5. The lowest BCUT2D eigenvalue weighted by molar-refractivity contribution is -0.144. The number of methoxy groups -OCH3 is 1. The second-order valence-corrected chi connectivity index (χ2v) is 4.60. The summed E-state index contributed by atoms with van der Waals surface area (Å²) in [6.45, 7) is 3.08. The van der Waals surface area contributed by atoms with E-state index in [2.05, 4.69) is 4.74 Å².